The number of nitrogens with one attached hydrogen (secondary N) is 1. The molecular weight excluding hydrogens is 272 g/mol. The molecule has 0 radical (unpaired) electrons. The molecule has 2 fully saturated rings. The Hall–Kier alpha value is -1.23. The van der Waals surface area contributed by atoms with Crippen molar-refractivity contribution < 1.29 is 9.53 Å². The molecule has 3 rings (SSSR count). The number of H-pyrrole nitrogens is 1. The molecule has 0 amide bonds. The number of esters is 1. The molecule has 1 heterocycles. The van der Waals surface area contributed by atoms with Crippen molar-refractivity contribution in [3.63, 3.8) is 0 Å². The Kier molecular flexibility index (Phi) is 3.63. The van der Waals surface area contributed by atoms with Crippen LogP contribution in [0.5, 0.6) is 0 Å². The number of aromatic amines is 1. The van der Waals surface area contributed by atoms with Crippen LogP contribution in [0.4, 0.5) is 0 Å². The predicted octanol–water partition coefficient (Wildman–Crippen LogP) is 3.21. The van der Waals surface area contributed by atoms with Gasteiger partial charge in [0.05, 0.1) is 7.11 Å². The normalized spacial score (nSPS) is 27.8. The first-order valence-electron chi connectivity index (χ1n) is 7.26. The Morgan fingerprint density at radius 2 is 2.25 bits per heavy atom. The van der Waals surface area contributed by atoms with Crippen molar-refractivity contribution in [1.82, 2.24) is 9.97 Å². The van der Waals surface area contributed by atoms with E-state index in [2.05, 4.69) is 9.97 Å². The smallest absolute Gasteiger partial charge is 0.342 e. The number of carbonyl (C=O) groups is 1. The first-order chi connectivity index (χ1) is 9.58. The fourth-order valence-electron chi connectivity index (χ4n) is 3.96. The fourth-order valence-corrected chi connectivity index (χ4v) is 4.31. The highest BCUT2D eigenvalue weighted by molar-refractivity contribution is 7.71. The summed E-state index contributed by atoms with van der Waals surface area (Å²) in [5.74, 6) is 3.03. The van der Waals surface area contributed by atoms with Crippen molar-refractivity contribution in [2.45, 2.75) is 39.0 Å². The van der Waals surface area contributed by atoms with Crippen molar-refractivity contribution in [2.75, 3.05) is 7.11 Å². The van der Waals surface area contributed by atoms with E-state index in [1.54, 1.807) is 0 Å². The summed E-state index contributed by atoms with van der Waals surface area (Å²) in [5, 5.41) is 0. The summed E-state index contributed by atoms with van der Waals surface area (Å²) in [7, 11) is 1.36. The maximum absolute atomic E-state index is 11.7. The molecule has 108 valence electrons. The molecule has 1 aromatic rings. The van der Waals surface area contributed by atoms with Crippen molar-refractivity contribution in [2.24, 2.45) is 17.8 Å². The van der Waals surface area contributed by atoms with Crippen molar-refractivity contribution >= 4 is 18.2 Å². The number of fused-ring (bicyclic) bond motifs is 2. The third kappa shape index (κ3) is 2.39. The number of hydrogen-bond donors (Lipinski definition) is 1. The molecule has 2 saturated carbocycles. The average molecular weight is 292 g/mol. The number of ether oxygens (including phenoxy) is 1. The number of aromatic nitrogens is 2. The van der Waals surface area contributed by atoms with Crippen LogP contribution < -0.4 is 0 Å². The third-order valence-electron chi connectivity index (χ3n) is 4.89. The van der Waals surface area contributed by atoms with Crippen LogP contribution in [0.1, 0.15) is 47.6 Å². The minimum Gasteiger partial charge on any atom is -0.465 e. The lowest BCUT2D eigenvalue weighted by molar-refractivity contribution is 0.0598. The molecule has 2 bridgehead atoms. The Bertz CT molecular complexity index is 596. The lowest BCUT2D eigenvalue weighted by atomic mass is 9.86. The second-order valence-electron chi connectivity index (χ2n) is 6.12. The van der Waals surface area contributed by atoms with E-state index >= 15 is 0 Å². The van der Waals surface area contributed by atoms with Gasteiger partial charge in [0, 0.05) is 12.1 Å². The van der Waals surface area contributed by atoms with E-state index in [0.717, 1.165) is 35.7 Å². The van der Waals surface area contributed by atoms with E-state index in [-0.39, 0.29) is 0 Å². The fraction of sp³-hybridized carbons (Fsp3) is 0.667. The van der Waals surface area contributed by atoms with Crippen LogP contribution in [-0.4, -0.2) is 23.0 Å². The molecule has 2 aliphatic rings. The van der Waals surface area contributed by atoms with E-state index < -0.39 is 5.97 Å². The number of rotatable bonds is 3. The summed E-state index contributed by atoms with van der Waals surface area (Å²) in [6, 6.07) is 0. The first-order valence-corrected chi connectivity index (χ1v) is 7.67. The predicted molar refractivity (Wildman–Crippen MR) is 78.1 cm³/mol. The lowest BCUT2D eigenvalue weighted by Gasteiger charge is -2.21. The molecule has 0 aromatic carbocycles. The quantitative estimate of drug-likeness (QED) is 0.686. The van der Waals surface area contributed by atoms with Crippen LogP contribution in [0.3, 0.4) is 0 Å². The van der Waals surface area contributed by atoms with Gasteiger partial charge in [0.2, 0.25) is 0 Å². The molecule has 20 heavy (non-hydrogen) atoms. The molecule has 1 N–H and O–H groups in total. The van der Waals surface area contributed by atoms with Crippen LogP contribution in [0.15, 0.2) is 0 Å². The van der Waals surface area contributed by atoms with Crippen molar-refractivity contribution in [3.05, 3.63) is 21.7 Å². The summed E-state index contributed by atoms with van der Waals surface area (Å²) in [5.41, 5.74) is 1.15. The summed E-state index contributed by atoms with van der Waals surface area (Å²) < 4.78 is 5.10. The van der Waals surface area contributed by atoms with Gasteiger partial charge in [-0.2, -0.15) is 0 Å². The summed E-state index contributed by atoms with van der Waals surface area (Å²) >= 11 is 5.25. The average Bonchev–Trinajstić information content (AvgIpc) is 2.99. The van der Waals surface area contributed by atoms with Crippen LogP contribution >= 0.6 is 12.2 Å². The minimum absolute atomic E-state index is 0.353. The molecule has 3 atom stereocenters. The van der Waals surface area contributed by atoms with Gasteiger partial charge in [-0.05, 0) is 43.9 Å². The topological polar surface area (TPSA) is 55.0 Å². The van der Waals surface area contributed by atoms with E-state index in [9.17, 15) is 4.79 Å². The SMILES string of the molecule is COC(=O)c1c(C)[nH]c(CC2CC3CCC2C3)nc1=S. The Labute approximate surface area is 124 Å². The van der Waals surface area contributed by atoms with Crippen molar-refractivity contribution in [1.29, 1.82) is 0 Å². The largest absolute Gasteiger partial charge is 0.465 e. The van der Waals surface area contributed by atoms with Gasteiger partial charge in [-0.25, -0.2) is 9.78 Å². The number of nitrogens with zero attached hydrogens (tertiary/aromatic N) is 1. The molecule has 0 aliphatic heterocycles. The lowest BCUT2D eigenvalue weighted by Crippen LogP contribution is -2.17. The standard InChI is InChI=1S/C15H20N2O2S/c1-8-13(15(18)19-2)14(20)17-12(16-8)7-11-6-9-3-4-10(11)5-9/h9-11H,3-7H2,1-2H3,(H,16,17,20). The van der Waals surface area contributed by atoms with Crippen LogP contribution in [-0.2, 0) is 11.2 Å². The maximum atomic E-state index is 11.7. The van der Waals surface area contributed by atoms with Gasteiger partial charge in [-0.15, -0.1) is 0 Å². The highest BCUT2D eigenvalue weighted by Gasteiger charge is 2.39. The molecule has 2 aliphatic carbocycles. The van der Waals surface area contributed by atoms with Crippen LogP contribution in [0.2, 0.25) is 0 Å². The van der Waals surface area contributed by atoms with E-state index in [1.807, 2.05) is 6.92 Å². The van der Waals surface area contributed by atoms with Gasteiger partial charge >= 0.3 is 5.97 Å². The molecule has 0 saturated heterocycles. The summed E-state index contributed by atoms with van der Waals surface area (Å²) in [6.07, 6.45) is 6.45. The number of carbonyl (C=O) groups excluding carboxylic acids is 1. The van der Waals surface area contributed by atoms with Gasteiger partial charge in [-0.1, -0.05) is 18.6 Å². The van der Waals surface area contributed by atoms with E-state index in [0.29, 0.717) is 10.2 Å². The Morgan fingerprint density at radius 1 is 1.45 bits per heavy atom. The molecule has 4 nitrogen and oxygen atoms in total. The van der Waals surface area contributed by atoms with E-state index in [1.165, 1.54) is 32.8 Å². The molecule has 5 heteroatoms. The number of aryl methyl sites for hydroxylation is 1. The highest BCUT2D eigenvalue weighted by atomic mass is 32.1. The van der Waals surface area contributed by atoms with Crippen molar-refractivity contribution in [3.8, 4) is 0 Å². The summed E-state index contributed by atoms with van der Waals surface area (Å²) in [6.45, 7) is 1.86. The van der Waals surface area contributed by atoms with Crippen LogP contribution in [0, 0.1) is 29.3 Å². The van der Waals surface area contributed by atoms with Gasteiger partial charge in [0.25, 0.3) is 0 Å². The zero-order valence-corrected chi connectivity index (χ0v) is 12.8. The second kappa shape index (κ2) is 5.28. The highest BCUT2D eigenvalue weighted by Crippen LogP contribution is 2.49. The van der Waals surface area contributed by atoms with Gasteiger partial charge in [0.1, 0.15) is 16.0 Å². The maximum Gasteiger partial charge on any atom is 0.342 e. The Balaban J connectivity index is 1.81. The molecular formula is C15H20N2O2S. The number of hydrogen-bond acceptors (Lipinski definition) is 4. The minimum atomic E-state index is -0.414. The van der Waals surface area contributed by atoms with Gasteiger partial charge in [-0.3, -0.25) is 0 Å². The van der Waals surface area contributed by atoms with Crippen LogP contribution in [0.25, 0.3) is 0 Å². The second-order valence-corrected chi connectivity index (χ2v) is 6.51. The first kappa shape index (κ1) is 13.7. The van der Waals surface area contributed by atoms with E-state index in [4.69, 9.17) is 17.0 Å². The zero-order chi connectivity index (χ0) is 14.3. The summed E-state index contributed by atoms with van der Waals surface area (Å²) in [4.78, 5) is 19.3. The van der Waals surface area contributed by atoms with Gasteiger partial charge in [0.15, 0.2) is 0 Å². The Morgan fingerprint density at radius 3 is 2.80 bits per heavy atom. The molecule has 1 aromatic heterocycles. The number of methoxy groups -OCH3 is 1. The third-order valence-corrected chi connectivity index (χ3v) is 5.18. The zero-order valence-electron chi connectivity index (χ0n) is 11.9. The molecule has 0 spiro atoms. The molecule has 3 unspecified atom stereocenters. The monoisotopic (exact) mass is 292 g/mol. The van der Waals surface area contributed by atoms with Gasteiger partial charge < -0.3 is 9.72 Å².